The number of aromatic nitrogens is 2. The predicted molar refractivity (Wildman–Crippen MR) is 122 cm³/mol. The number of hydrogen-bond acceptors (Lipinski definition) is 7. The van der Waals surface area contributed by atoms with Crippen LogP contribution in [-0.2, 0) is 14.2 Å². The van der Waals surface area contributed by atoms with Gasteiger partial charge in [-0.05, 0) is 48.5 Å². The van der Waals surface area contributed by atoms with E-state index in [-0.39, 0.29) is 24.2 Å². The van der Waals surface area contributed by atoms with Gasteiger partial charge in [0.15, 0.2) is 0 Å². The SMILES string of the molecule is O=C(OC[C@H]1O[C@@H]([15n]2cc(F)c(=O)[15nH][13c]2=O)C[C@H]1OC(=O)c1ccc(Cl)cc1)c1ccc(Cl)cc1. The molecule has 0 unspecified atom stereocenters. The first kappa shape index (κ1) is 24.6. The molecule has 2 heterocycles. The monoisotopic (exact) mass is 525 g/mol. The molecule has 0 radical (unpaired) electrons. The number of halogens is 3. The van der Waals surface area contributed by atoms with Crippen molar-refractivity contribution in [3.63, 3.8) is 0 Å². The molecule has 3 aromatic rings. The molecule has 1 fully saturated rings. The summed E-state index contributed by atoms with van der Waals surface area (Å²) in [6.45, 7) is -0.336. The van der Waals surface area contributed by atoms with E-state index >= 15 is 0 Å². The van der Waals surface area contributed by atoms with Crippen molar-refractivity contribution in [3.8, 4) is 0 Å². The zero-order valence-corrected chi connectivity index (χ0v) is 19.3. The summed E-state index contributed by atoms with van der Waals surface area (Å²) in [6, 6.07) is 12.0. The van der Waals surface area contributed by atoms with Crippen LogP contribution in [0.3, 0.4) is 0 Å². The standard InChI is InChI=1S/C23H17Cl2FN2O7/c24-14-5-1-12(2-6-14)21(30)33-11-18-17(35-22(31)13-3-7-15(25)8-4-13)9-19(34-18)28-10-16(26)20(29)27-23(28)32/h1-8,10,17-19H,9,11H2,(H,27,29,32)/t17-,18-,19-/m1/s1/i23+1,27+1,28+1. The van der Waals surface area contributed by atoms with Gasteiger partial charge in [-0.15, -0.1) is 0 Å². The lowest BCUT2D eigenvalue weighted by Crippen LogP contribution is -2.34. The highest BCUT2D eigenvalue weighted by Crippen LogP contribution is 2.31. The molecule has 0 spiro atoms. The number of rotatable bonds is 6. The topological polar surface area (TPSA) is 117 Å². The Morgan fingerprint density at radius 1 is 1.00 bits per heavy atom. The molecule has 12 heteroatoms. The molecule has 9 nitrogen and oxygen atoms in total. The van der Waals surface area contributed by atoms with Gasteiger partial charge in [-0.2, -0.15) is 4.39 Å². The van der Waals surface area contributed by atoms with Crippen molar-refractivity contribution in [2.75, 3.05) is 6.61 Å². The lowest BCUT2D eigenvalue weighted by atomic mass is 10.1. The second-order valence-corrected chi connectivity index (χ2v) is 8.44. The minimum atomic E-state index is -1.19. The van der Waals surface area contributed by atoms with Crippen LogP contribution in [-0.4, -0.2) is 40.3 Å². The molecule has 1 aromatic heterocycles. The van der Waals surface area contributed by atoms with Crippen LogP contribution in [0.25, 0.3) is 0 Å². The Balaban J connectivity index is 1.53. The molecular weight excluding hydrogens is 509 g/mol. The van der Waals surface area contributed by atoms with E-state index in [1.807, 2.05) is 4.98 Å². The lowest BCUT2D eigenvalue weighted by molar-refractivity contribution is -0.0584. The Morgan fingerprint density at radius 2 is 1.57 bits per heavy atom. The van der Waals surface area contributed by atoms with Gasteiger partial charge in [0.05, 0.1) is 17.3 Å². The van der Waals surface area contributed by atoms with Gasteiger partial charge >= 0.3 is 17.6 Å². The summed E-state index contributed by atoms with van der Waals surface area (Å²) in [6.07, 6.45) is -2.44. The Labute approximate surface area is 207 Å². The largest absolute Gasteiger partial charge is 0.459 e. The molecule has 4 rings (SSSR count). The molecule has 0 amide bonds. The molecule has 35 heavy (non-hydrogen) atoms. The molecule has 3 atom stereocenters. The maximum atomic E-state index is 13.8. The van der Waals surface area contributed by atoms with Gasteiger partial charge in [0.2, 0.25) is 5.82 Å². The molecule has 1 aliphatic heterocycles. The average molecular weight is 526 g/mol. The Kier molecular flexibility index (Phi) is 7.34. The normalized spacial score (nSPS) is 19.3. The molecule has 1 N–H and O–H groups in total. The third-order valence-corrected chi connectivity index (χ3v) is 5.72. The van der Waals surface area contributed by atoms with E-state index in [0.717, 1.165) is 4.57 Å². The Morgan fingerprint density at radius 3 is 2.17 bits per heavy atom. The summed E-state index contributed by atoms with van der Waals surface area (Å²) in [5.74, 6) is -2.57. The Bertz CT molecular complexity index is 1360. The third-order valence-electron chi connectivity index (χ3n) is 5.21. The van der Waals surface area contributed by atoms with Gasteiger partial charge in [-0.25, -0.2) is 14.4 Å². The summed E-state index contributed by atoms with van der Waals surface area (Å²) < 4.78 is 31.3. The molecule has 0 aliphatic carbocycles. The van der Waals surface area contributed by atoms with E-state index in [9.17, 15) is 23.6 Å². The first-order valence-corrected chi connectivity index (χ1v) is 11.0. The van der Waals surface area contributed by atoms with Crippen molar-refractivity contribution < 1.29 is 28.2 Å². The van der Waals surface area contributed by atoms with E-state index in [1.165, 1.54) is 48.5 Å². The molecule has 0 bridgehead atoms. The number of aromatic amines is 1. The number of nitrogens with zero attached hydrogens (tertiary/aromatic N) is 1. The fourth-order valence-electron chi connectivity index (χ4n) is 3.44. The number of benzene rings is 2. The second-order valence-electron chi connectivity index (χ2n) is 7.56. The molecule has 182 valence electrons. The highest BCUT2D eigenvalue weighted by molar-refractivity contribution is 6.31. The van der Waals surface area contributed by atoms with Crippen LogP contribution in [0, 0.1) is 5.82 Å². The number of H-pyrrole nitrogens is 1. The van der Waals surface area contributed by atoms with Gasteiger partial charge in [-0.1, -0.05) is 23.2 Å². The van der Waals surface area contributed by atoms with Crippen LogP contribution in [0.2, 0.25) is 10.0 Å². The van der Waals surface area contributed by atoms with Gasteiger partial charge in [-0.3, -0.25) is 14.3 Å². The number of carbonyl (C=O) groups excluding carboxylic acids is 2. The van der Waals surface area contributed by atoms with Crippen molar-refractivity contribution in [2.24, 2.45) is 0 Å². The number of esters is 2. The smallest absolute Gasteiger partial charge is 0.338 e. The van der Waals surface area contributed by atoms with Gasteiger partial charge in [0, 0.05) is 16.5 Å². The minimum Gasteiger partial charge on any atom is -0.459 e. The van der Waals surface area contributed by atoms with E-state index in [0.29, 0.717) is 16.2 Å². The van der Waals surface area contributed by atoms with Crippen LogP contribution in [0.4, 0.5) is 4.39 Å². The fourth-order valence-corrected chi connectivity index (χ4v) is 3.69. The highest BCUT2D eigenvalue weighted by atomic mass is 35.5. The number of ether oxygens (including phenoxy) is 3. The van der Waals surface area contributed by atoms with E-state index in [2.05, 4.69) is 0 Å². The maximum Gasteiger partial charge on any atom is 0.338 e. The highest BCUT2D eigenvalue weighted by Gasteiger charge is 2.40. The van der Waals surface area contributed by atoms with Crippen molar-refractivity contribution in [1.29, 1.82) is 0 Å². The summed E-state index contributed by atoms with van der Waals surface area (Å²) in [5.41, 5.74) is -1.65. The maximum absolute atomic E-state index is 13.8. The average Bonchev–Trinajstić information content (AvgIpc) is 3.22. The number of nitrogens with one attached hydrogen (secondary N) is 1. The van der Waals surface area contributed by atoms with Crippen molar-refractivity contribution in [1.82, 2.24) is 9.55 Å². The molecule has 1 aliphatic rings. The van der Waals surface area contributed by atoms with Crippen LogP contribution < -0.4 is 11.2 Å². The summed E-state index contributed by atoms with van der Waals surface area (Å²) in [7, 11) is 0. The summed E-state index contributed by atoms with van der Waals surface area (Å²) >= 11 is 11.7. The summed E-state index contributed by atoms with van der Waals surface area (Å²) in [5, 5.41) is 0.869. The van der Waals surface area contributed by atoms with Crippen molar-refractivity contribution >= 4 is 35.1 Å². The second kappa shape index (κ2) is 10.4. The first-order valence-electron chi connectivity index (χ1n) is 10.3. The summed E-state index contributed by atoms with van der Waals surface area (Å²) in [4.78, 5) is 50.4. The van der Waals surface area contributed by atoms with Crippen molar-refractivity contribution in [3.05, 3.63) is 103 Å². The first-order chi connectivity index (χ1) is 16.7. The predicted octanol–water partition coefficient (Wildman–Crippen LogP) is 3.35. The zero-order chi connectivity index (χ0) is 25.1. The zero-order valence-electron chi connectivity index (χ0n) is 17.8. The van der Waals surface area contributed by atoms with E-state index < -0.39 is 47.4 Å². The molecule has 2 aromatic carbocycles. The van der Waals surface area contributed by atoms with Gasteiger partial charge in [0.25, 0.3) is 5.56 Å². The molecule has 0 saturated carbocycles. The quantitative estimate of drug-likeness (QED) is 0.490. The fraction of sp³-hybridized carbons (Fsp3) is 0.217. The van der Waals surface area contributed by atoms with Gasteiger partial charge < -0.3 is 14.2 Å². The van der Waals surface area contributed by atoms with Gasteiger partial charge in [0.1, 0.15) is 25.0 Å². The van der Waals surface area contributed by atoms with Crippen molar-refractivity contribution in [2.45, 2.75) is 24.9 Å². The van der Waals surface area contributed by atoms with Crippen LogP contribution in [0.15, 0.2) is 64.3 Å². The van der Waals surface area contributed by atoms with Crippen LogP contribution >= 0.6 is 23.2 Å². The van der Waals surface area contributed by atoms with E-state index in [4.69, 9.17) is 37.4 Å². The Hall–Kier alpha value is -3.47. The number of carbonyl (C=O) groups is 2. The van der Waals surface area contributed by atoms with Crippen LogP contribution in [0.1, 0.15) is 33.4 Å². The minimum absolute atomic E-state index is 0.0755. The molecular formula is C23H17Cl2FN2O7. The van der Waals surface area contributed by atoms with E-state index in [1.54, 1.807) is 0 Å². The lowest BCUT2D eigenvalue weighted by Gasteiger charge is -2.19. The molecule has 1 saturated heterocycles. The number of hydrogen-bond donors (Lipinski definition) is 1. The third kappa shape index (κ3) is 5.79. The van der Waals surface area contributed by atoms with Crippen LogP contribution in [0.5, 0.6) is 0 Å².